The van der Waals surface area contributed by atoms with Gasteiger partial charge in [-0.3, -0.25) is 0 Å². The molecular formula is C9H20NO3. The molecule has 0 amide bonds. The van der Waals surface area contributed by atoms with Crippen molar-refractivity contribution in [2.45, 2.75) is 25.4 Å². The summed E-state index contributed by atoms with van der Waals surface area (Å²) >= 11 is 0. The fourth-order valence-corrected chi connectivity index (χ4v) is 1.20. The molecule has 79 valence electrons. The lowest BCUT2D eigenvalue weighted by Gasteiger charge is -2.19. The summed E-state index contributed by atoms with van der Waals surface area (Å²) in [7, 11) is 1.85. The van der Waals surface area contributed by atoms with Crippen LogP contribution in [-0.2, 0) is 5.11 Å². The van der Waals surface area contributed by atoms with Gasteiger partial charge in [0.05, 0.1) is 19.3 Å². The topological polar surface area (TPSA) is 63.6 Å². The molecule has 4 heteroatoms. The first-order valence-corrected chi connectivity index (χ1v) is 4.76. The van der Waals surface area contributed by atoms with E-state index < -0.39 is 0 Å². The molecule has 1 atom stereocenters. The van der Waals surface area contributed by atoms with E-state index in [1.165, 1.54) is 0 Å². The van der Waals surface area contributed by atoms with E-state index >= 15 is 0 Å². The largest absolute Gasteiger partial charge is 0.395 e. The van der Waals surface area contributed by atoms with Crippen molar-refractivity contribution in [1.29, 1.82) is 0 Å². The van der Waals surface area contributed by atoms with E-state index in [1.807, 2.05) is 11.9 Å². The quantitative estimate of drug-likeness (QED) is 0.524. The molecule has 0 aromatic rings. The zero-order valence-corrected chi connectivity index (χ0v) is 8.28. The maximum atomic E-state index is 10.1. The van der Waals surface area contributed by atoms with Crippen molar-refractivity contribution in [3.05, 3.63) is 0 Å². The summed E-state index contributed by atoms with van der Waals surface area (Å²) in [5.74, 6) is 0. The second-order valence-corrected chi connectivity index (χ2v) is 3.34. The normalized spacial score (nSPS) is 13.6. The van der Waals surface area contributed by atoms with Crippen LogP contribution < -0.4 is 0 Å². The van der Waals surface area contributed by atoms with Gasteiger partial charge in [0.1, 0.15) is 0 Å². The first-order chi connectivity index (χ1) is 6.20. The highest BCUT2D eigenvalue weighted by Gasteiger charge is 2.06. The zero-order chi connectivity index (χ0) is 10.1. The minimum Gasteiger partial charge on any atom is -0.395 e. The van der Waals surface area contributed by atoms with Gasteiger partial charge in [-0.1, -0.05) is 0 Å². The van der Waals surface area contributed by atoms with Gasteiger partial charge >= 0.3 is 0 Å². The highest BCUT2D eigenvalue weighted by atomic mass is 16.3. The highest BCUT2D eigenvalue weighted by Crippen LogP contribution is 2.01. The van der Waals surface area contributed by atoms with Crippen LogP contribution in [0.3, 0.4) is 0 Å². The predicted molar refractivity (Wildman–Crippen MR) is 50.0 cm³/mol. The smallest absolute Gasteiger partial charge is 0.0822 e. The van der Waals surface area contributed by atoms with Gasteiger partial charge in [0.2, 0.25) is 0 Å². The Hall–Kier alpha value is -0.160. The van der Waals surface area contributed by atoms with Crippen molar-refractivity contribution in [2.24, 2.45) is 0 Å². The number of aliphatic hydroxyl groups excluding tert-OH is 2. The average molecular weight is 190 g/mol. The molecule has 2 N–H and O–H groups in total. The van der Waals surface area contributed by atoms with E-state index in [0.717, 1.165) is 6.42 Å². The standard InChI is InChI=1S/C9H20NO3/c1-10(5-7-12)8-9(13)4-2-3-6-11/h9,12-13H,2-8H2,1H3. The van der Waals surface area contributed by atoms with E-state index in [9.17, 15) is 10.2 Å². The number of likely N-dealkylation sites (N-methyl/N-ethyl adjacent to an activating group) is 1. The van der Waals surface area contributed by atoms with Gasteiger partial charge in [0.15, 0.2) is 0 Å². The second kappa shape index (κ2) is 8.44. The Kier molecular flexibility index (Phi) is 8.33. The van der Waals surface area contributed by atoms with Crippen LogP contribution in [0.5, 0.6) is 0 Å². The van der Waals surface area contributed by atoms with Crippen LogP contribution in [0.1, 0.15) is 19.3 Å². The number of hydrogen-bond acceptors (Lipinski definition) is 3. The molecule has 1 radical (unpaired) electrons. The first-order valence-electron chi connectivity index (χ1n) is 4.76. The molecule has 0 heterocycles. The molecule has 13 heavy (non-hydrogen) atoms. The average Bonchev–Trinajstić information content (AvgIpc) is 2.05. The van der Waals surface area contributed by atoms with E-state index in [0.29, 0.717) is 25.9 Å². The number of hydrogen-bond donors (Lipinski definition) is 2. The first kappa shape index (κ1) is 12.8. The number of unbranched alkanes of at least 4 members (excludes halogenated alkanes) is 1. The Morgan fingerprint density at radius 2 is 2.08 bits per heavy atom. The molecule has 0 fully saturated rings. The van der Waals surface area contributed by atoms with Crippen LogP contribution in [0.4, 0.5) is 0 Å². The number of nitrogens with zero attached hydrogens (tertiary/aromatic N) is 1. The molecule has 0 aliphatic rings. The minimum atomic E-state index is -0.372. The Morgan fingerprint density at radius 3 is 2.62 bits per heavy atom. The second-order valence-electron chi connectivity index (χ2n) is 3.34. The van der Waals surface area contributed by atoms with Crippen molar-refractivity contribution >= 4 is 0 Å². The van der Waals surface area contributed by atoms with Crippen molar-refractivity contribution in [2.75, 3.05) is 33.4 Å². The van der Waals surface area contributed by atoms with Gasteiger partial charge in [0.25, 0.3) is 0 Å². The van der Waals surface area contributed by atoms with E-state index in [1.54, 1.807) is 0 Å². The lowest BCUT2D eigenvalue weighted by molar-refractivity contribution is 0.101. The predicted octanol–water partition coefficient (Wildman–Crippen LogP) is -0.128. The maximum Gasteiger partial charge on any atom is 0.0822 e. The summed E-state index contributed by atoms with van der Waals surface area (Å²) in [5.41, 5.74) is 0. The van der Waals surface area contributed by atoms with Gasteiger partial charge in [-0.2, -0.15) is 0 Å². The van der Waals surface area contributed by atoms with Crippen LogP contribution in [0.25, 0.3) is 0 Å². The van der Waals surface area contributed by atoms with E-state index in [-0.39, 0.29) is 19.3 Å². The molecule has 0 aromatic heterocycles. The van der Waals surface area contributed by atoms with E-state index in [2.05, 4.69) is 0 Å². The summed E-state index contributed by atoms with van der Waals surface area (Å²) < 4.78 is 0. The van der Waals surface area contributed by atoms with E-state index in [4.69, 9.17) is 5.11 Å². The Labute approximate surface area is 79.8 Å². The van der Waals surface area contributed by atoms with Crippen LogP contribution in [0.2, 0.25) is 0 Å². The number of rotatable bonds is 8. The third kappa shape index (κ3) is 8.18. The molecule has 0 aromatic carbocycles. The number of aliphatic hydroxyl groups is 2. The van der Waals surface area contributed by atoms with Gasteiger partial charge in [-0.25, -0.2) is 5.11 Å². The van der Waals surface area contributed by atoms with Crippen LogP contribution >= 0.6 is 0 Å². The molecule has 0 saturated carbocycles. The van der Waals surface area contributed by atoms with Gasteiger partial charge < -0.3 is 15.1 Å². The maximum absolute atomic E-state index is 10.1. The molecule has 0 aliphatic heterocycles. The Morgan fingerprint density at radius 1 is 1.38 bits per heavy atom. The highest BCUT2D eigenvalue weighted by molar-refractivity contribution is 4.61. The molecule has 0 aliphatic carbocycles. The minimum absolute atomic E-state index is 0.0563. The van der Waals surface area contributed by atoms with Crippen LogP contribution in [0, 0.1) is 0 Å². The third-order valence-electron chi connectivity index (χ3n) is 1.94. The summed E-state index contributed by atoms with van der Waals surface area (Å²) in [6.45, 7) is 1.21. The summed E-state index contributed by atoms with van der Waals surface area (Å²) in [6.07, 6.45) is 1.74. The third-order valence-corrected chi connectivity index (χ3v) is 1.94. The molecule has 4 nitrogen and oxygen atoms in total. The lowest BCUT2D eigenvalue weighted by atomic mass is 10.1. The molecular weight excluding hydrogens is 170 g/mol. The molecule has 0 spiro atoms. The molecule has 0 saturated heterocycles. The fourth-order valence-electron chi connectivity index (χ4n) is 1.20. The Bertz CT molecular complexity index is 111. The molecule has 1 unspecified atom stereocenters. The van der Waals surface area contributed by atoms with Crippen molar-refractivity contribution in [3.8, 4) is 0 Å². The van der Waals surface area contributed by atoms with Crippen molar-refractivity contribution in [3.63, 3.8) is 0 Å². The molecule has 0 rings (SSSR count). The van der Waals surface area contributed by atoms with Crippen LogP contribution in [0.15, 0.2) is 0 Å². The summed E-state index contributed by atoms with van der Waals surface area (Å²) in [5, 5.41) is 28.2. The summed E-state index contributed by atoms with van der Waals surface area (Å²) in [4.78, 5) is 1.88. The monoisotopic (exact) mass is 190 g/mol. The van der Waals surface area contributed by atoms with Crippen LogP contribution in [-0.4, -0.2) is 54.6 Å². The summed E-state index contributed by atoms with van der Waals surface area (Å²) in [6, 6.07) is 0. The van der Waals surface area contributed by atoms with Gasteiger partial charge in [-0.15, -0.1) is 0 Å². The van der Waals surface area contributed by atoms with Crippen molar-refractivity contribution < 1.29 is 15.3 Å². The van der Waals surface area contributed by atoms with Gasteiger partial charge in [-0.05, 0) is 26.3 Å². The van der Waals surface area contributed by atoms with Crippen molar-refractivity contribution in [1.82, 2.24) is 4.90 Å². The lowest BCUT2D eigenvalue weighted by Crippen LogP contribution is -2.31. The zero-order valence-electron chi connectivity index (χ0n) is 8.28. The SMILES string of the molecule is CN(CCO)CC(O)CCCC[O]. The molecule has 0 bridgehead atoms. The van der Waals surface area contributed by atoms with Gasteiger partial charge in [0, 0.05) is 13.1 Å². The Balaban J connectivity index is 3.32. The fraction of sp³-hybridized carbons (Fsp3) is 1.00.